The number of para-hydroxylation sites is 1. The summed E-state index contributed by atoms with van der Waals surface area (Å²) in [7, 11) is -3.55. The van der Waals surface area contributed by atoms with Gasteiger partial charge in [0.1, 0.15) is 5.75 Å². The topological polar surface area (TPSA) is 55.4 Å². The Bertz CT molecular complexity index is 510. The van der Waals surface area contributed by atoms with Crippen molar-refractivity contribution in [2.75, 3.05) is 11.6 Å². The van der Waals surface area contributed by atoms with Gasteiger partial charge >= 0.3 is 6.61 Å². The van der Waals surface area contributed by atoms with Crippen LogP contribution in [0.2, 0.25) is 0 Å². The molecule has 0 aliphatic carbocycles. The number of ether oxygens (including phenoxy) is 1. The quantitative estimate of drug-likeness (QED) is 0.787. The van der Waals surface area contributed by atoms with Crippen molar-refractivity contribution in [3.8, 4) is 5.75 Å². The highest BCUT2D eigenvalue weighted by Crippen LogP contribution is 2.26. The Morgan fingerprint density at radius 2 is 2.00 bits per heavy atom. The van der Waals surface area contributed by atoms with Crippen LogP contribution in [0.5, 0.6) is 5.75 Å². The molecule has 0 aliphatic rings. The second-order valence-electron chi connectivity index (χ2n) is 3.76. The number of hydrogen-bond acceptors (Lipinski definition) is 3. The maximum atomic E-state index is 12.2. The molecule has 1 N–H and O–H groups in total. The first-order chi connectivity index (χ1) is 8.85. The molecular weight excluding hydrogens is 300 g/mol. The minimum Gasteiger partial charge on any atom is -0.434 e. The number of halogens is 3. The van der Waals surface area contributed by atoms with Crippen LogP contribution in [0.1, 0.15) is 18.5 Å². The van der Waals surface area contributed by atoms with E-state index in [1.807, 2.05) is 0 Å². The van der Waals surface area contributed by atoms with Crippen molar-refractivity contribution >= 4 is 21.6 Å². The Labute approximate surface area is 115 Å². The lowest BCUT2D eigenvalue weighted by atomic mass is 10.1. The van der Waals surface area contributed by atoms with Crippen LogP contribution < -0.4 is 9.46 Å². The Kier molecular flexibility index (Phi) is 5.96. The molecule has 1 aromatic carbocycles. The third kappa shape index (κ3) is 5.30. The minimum absolute atomic E-state index is 0.0444. The average molecular weight is 314 g/mol. The van der Waals surface area contributed by atoms with E-state index in [-0.39, 0.29) is 17.4 Å². The zero-order chi connectivity index (χ0) is 14.5. The molecule has 4 nitrogen and oxygen atoms in total. The van der Waals surface area contributed by atoms with Gasteiger partial charge in [0.25, 0.3) is 0 Å². The molecule has 0 heterocycles. The molecule has 108 valence electrons. The minimum atomic E-state index is -3.55. The van der Waals surface area contributed by atoms with Crippen LogP contribution in [0.4, 0.5) is 8.78 Å². The monoisotopic (exact) mass is 313 g/mol. The highest BCUT2D eigenvalue weighted by molar-refractivity contribution is 7.89. The molecule has 1 aromatic rings. The maximum absolute atomic E-state index is 12.2. The summed E-state index contributed by atoms with van der Waals surface area (Å²) in [4.78, 5) is 0. The van der Waals surface area contributed by atoms with Crippen molar-refractivity contribution < 1.29 is 21.9 Å². The summed E-state index contributed by atoms with van der Waals surface area (Å²) in [5.74, 6) is -0.341. The van der Waals surface area contributed by atoms with E-state index in [0.717, 1.165) is 0 Å². The molecule has 0 saturated carbocycles. The molecule has 0 radical (unpaired) electrons. The third-order valence-corrected chi connectivity index (χ3v) is 4.17. The van der Waals surface area contributed by atoms with Crippen LogP contribution >= 0.6 is 11.6 Å². The van der Waals surface area contributed by atoms with Gasteiger partial charge < -0.3 is 4.74 Å². The highest BCUT2D eigenvalue weighted by Gasteiger charge is 2.19. The smallest absolute Gasteiger partial charge is 0.387 e. The van der Waals surface area contributed by atoms with Crippen molar-refractivity contribution in [2.45, 2.75) is 19.6 Å². The fourth-order valence-electron chi connectivity index (χ4n) is 1.53. The summed E-state index contributed by atoms with van der Waals surface area (Å²) in [6, 6.07) is 5.32. The maximum Gasteiger partial charge on any atom is 0.387 e. The molecule has 0 spiro atoms. The molecule has 1 unspecified atom stereocenters. The lowest BCUT2D eigenvalue weighted by molar-refractivity contribution is -0.0506. The van der Waals surface area contributed by atoms with Crippen molar-refractivity contribution in [1.29, 1.82) is 0 Å². The first kappa shape index (κ1) is 16.1. The molecule has 0 fully saturated rings. The summed E-state index contributed by atoms with van der Waals surface area (Å²) in [5.41, 5.74) is 0.334. The van der Waals surface area contributed by atoms with E-state index in [0.29, 0.717) is 5.56 Å². The average Bonchev–Trinajstić information content (AvgIpc) is 2.27. The van der Waals surface area contributed by atoms with Gasteiger partial charge in [-0.2, -0.15) is 8.78 Å². The first-order valence-electron chi connectivity index (χ1n) is 5.45. The number of benzene rings is 1. The van der Waals surface area contributed by atoms with Crippen molar-refractivity contribution in [2.24, 2.45) is 0 Å². The van der Waals surface area contributed by atoms with E-state index in [9.17, 15) is 17.2 Å². The Morgan fingerprint density at radius 3 is 2.58 bits per heavy atom. The normalized spacial score (nSPS) is 13.5. The lowest BCUT2D eigenvalue weighted by Gasteiger charge is -2.17. The molecule has 0 saturated heterocycles. The van der Waals surface area contributed by atoms with Crippen LogP contribution in [0.3, 0.4) is 0 Å². The van der Waals surface area contributed by atoms with Crippen LogP contribution in [-0.2, 0) is 10.0 Å². The van der Waals surface area contributed by atoms with Crippen LogP contribution in [0, 0.1) is 0 Å². The number of hydrogen-bond donors (Lipinski definition) is 1. The van der Waals surface area contributed by atoms with Gasteiger partial charge in [0.05, 0.1) is 5.75 Å². The molecule has 1 rings (SSSR count). The molecule has 0 amide bonds. The van der Waals surface area contributed by atoms with Gasteiger partial charge in [-0.05, 0) is 13.0 Å². The van der Waals surface area contributed by atoms with Crippen LogP contribution in [0.25, 0.3) is 0 Å². The lowest BCUT2D eigenvalue weighted by Crippen LogP contribution is -2.30. The van der Waals surface area contributed by atoms with Crippen LogP contribution in [0.15, 0.2) is 24.3 Å². The summed E-state index contributed by atoms with van der Waals surface area (Å²) in [6.45, 7) is -1.42. The molecule has 1 atom stereocenters. The molecule has 0 bridgehead atoms. The van der Waals surface area contributed by atoms with Crippen molar-refractivity contribution in [1.82, 2.24) is 4.72 Å². The summed E-state index contributed by atoms with van der Waals surface area (Å²) in [5, 5.41) is 0. The van der Waals surface area contributed by atoms with E-state index in [4.69, 9.17) is 11.6 Å². The second kappa shape index (κ2) is 7.02. The Hall–Kier alpha value is -0.920. The number of alkyl halides is 3. The zero-order valence-corrected chi connectivity index (χ0v) is 11.7. The van der Waals surface area contributed by atoms with E-state index >= 15 is 0 Å². The SMILES string of the molecule is CC(NS(=O)(=O)CCCl)c1ccccc1OC(F)F. The van der Waals surface area contributed by atoms with Gasteiger partial charge in [-0.25, -0.2) is 13.1 Å². The standard InChI is InChI=1S/C11H14ClF2NO3S/c1-8(15-19(16,17)7-6-12)9-4-2-3-5-10(9)18-11(13)14/h2-5,8,11,15H,6-7H2,1H3. The zero-order valence-electron chi connectivity index (χ0n) is 10.1. The molecular formula is C11H14ClF2NO3S. The Balaban J connectivity index is 2.90. The fraction of sp³-hybridized carbons (Fsp3) is 0.455. The van der Waals surface area contributed by atoms with E-state index < -0.39 is 22.7 Å². The molecule has 0 aromatic heterocycles. The summed E-state index contributed by atoms with van der Waals surface area (Å²) >= 11 is 5.37. The second-order valence-corrected chi connectivity index (χ2v) is 6.02. The van der Waals surface area contributed by atoms with Gasteiger partial charge in [-0.1, -0.05) is 18.2 Å². The number of rotatable bonds is 7. The van der Waals surface area contributed by atoms with E-state index in [1.165, 1.54) is 18.2 Å². The summed E-state index contributed by atoms with van der Waals surface area (Å²) in [6.07, 6.45) is 0. The van der Waals surface area contributed by atoms with Gasteiger partial charge in [-0.15, -0.1) is 11.6 Å². The summed E-state index contributed by atoms with van der Waals surface area (Å²) < 4.78 is 54.3. The van der Waals surface area contributed by atoms with Gasteiger partial charge in [0.15, 0.2) is 0 Å². The fourth-order valence-corrected chi connectivity index (χ4v) is 3.13. The Morgan fingerprint density at radius 1 is 1.37 bits per heavy atom. The van der Waals surface area contributed by atoms with Crippen molar-refractivity contribution in [3.63, 3.8) is 0 Å². The van der Waals surface area contributed by atoms with Gasteiger partial charge in [0, 0.05) is 17.5 Å². The van der Waals surface area contributed by atoms with Gasteiger partial charge in [-0.3, -0.25) is 0 Å². The number of nitrogens with one attached hydrogen (secondary N) is 1. The molecule has 0 aliphatic heterocycles. The van der Waals surface area contributed by atoms with E-state index in [2.05, 4.69) is 9.46 Å². The van der Waals surface area contributed by atoms with Gasteiger partial charge in [0.2, 0.25) is 10.0 Å². The molecule has 19 heavy (non-hydrogen) atoms. The highest BCUT2D eigenvalue weighted by atomic mass is 35.5. The van der Waals surface area contributed by atoms with Crippen LogP contribution in [-0.4, -0.2) is 26.7 Å². The predicted molar refractivity (Wildman–Crippen MR) is 69.1 cm³/mol. The van der Waals surface area contributed by atoms with E-state index in [1.54, 1.807) is 13.0 Å². The largest absolute Gasteiger partial charge is 0.434 e. The third-order valence-electron chi connectivity index (χ3n) is 2.30. The number of sulfonamides is 1. The molecule has 8 heteroatoms. The first-order valence-corrected chi connectivity index (χ1v) is 7.64. The predicted octanol–water partition coefficient (Wildman–Crippen LogP) is 2.51. The van der Waals surface area contributed by atoms with Crippen molar-refractivity contribution in [3.05, 3.63) is 29.8 Å².